The number of nitrogens with zero attached hydrogens (tertiary/aromatic N) is 1. The first-order chi connectivity index (χ1) is 8.17. The molecule has 2 nitrogen and oxygen atoms in total. The number of rotatable bonds is 3. The van der Waals surface area contributed by atoms with Crippen molar-refractivity contribution in [2.75, 3.05) is 19.6 Å². The fourth-order valence-corrected chi connectivity index (χ4v) is 3.51. The minimum absolute atomic E-state index is 0.408. The molecule has 98 valence electrons. The van der Waals surface area contributed by atoms with Gasteiger partial charge in [-0.05, 0) is 18.8 Å². The molecular formula is C14H25ClN2. The minimum atomic E-state index is 0.408. The largest absolute Gasteiger partial charge is 0.308 e. The van der Waals surface area contributed by atoms with E-state index in [0.29, 0.717) is 17.5 Å². The molecule has 1 saturated heterocycles. The van der Waals surface area contributed by atoms with Gasteiger partial charge in [-0.3, -0.25) is 4.90 Å². The SMILES string of the molecule is CC(C)C1CNC2(CCCC2)CN1C/C=C/Cl. The first kappa shape index (κ1) is 13.4. The van der Waals surface area contributed by atoms with Gasteiger partial charge in [0.1, 0.15) is 0 Å². The molecule has 0 aromatic carbocycles. The van der Waals surface area contributed by atoms with E-state index in [-0.39, 0.29) is 0 Å². The second-order valence-electron chi connectivity index (χ2n) is 5.97. The van der Waals surface area contributed by atoms with E-state index in [1.54, 1.807) is 5.54 Å². The maximum atomic E-state index is 5.68. The van der Waals surface area contributed by atoms with Crippen LogP contribution >= 0.6 is 11.6 Å². The fraction of sp³-hybridized carbons (Fsp3) is 0.857. The van der Waals surface area contributed by atoms with Crippen LogP contribution in [0.3, 0.4) is 0 Å². The van der Waals surface area contributed by atoms with Crippen molar-refractivity contribution in [3.05, 3.63) is 11.6 Å². The van der Waals surface area contributed by atoms with Gasteiger partial charge in [-0.25, -0.2) is 0 Å². The molecule has 3 heteroatoms. The van der Waals surface area contributed by atoms with Crippen LogP contribution in [0.1, 0.15) is 39.5 Å². The highest BCUT2D eigenvalue weighted by Crippen LogP contribution is 2.34. The molecule has 2 aliphatic rings. The Morgan fingerprint density at radius 3 is 2.71 bits per heavy atom. The Kier molecular flexibility index (Phi) is 4.51. The molecule has 1 aliphatic heterocycles. The van der Waals surface area contributed by atoms with Crippen molar-refractivity contribution in [2.24, 2.45) is 5.92 Å². The van der Waals surface area contributed by atoms with E-state index in [1.165, 1.54) is 32.2 Å². The Morgan fingerprint density at radius 2 is 2.12 bits per heavy atom. The lowest BCUT2D eigenvalue weighted by molar-refractivity contribution is 0.0673. The van der Waals surface area contributed by atoms with Gasteiger partial charge >= 0.3 is 0 Å². The van der Waals surface area contributed by atoms with Crippen molar-refractivity contribution in [1.29, 1.82) is 0 Å². The third kappa shape index (κ3) is 3.04. The van der Waals surface area contributed by atoms with Crippen LogP contribution in [0, 0.1) is 5.92 Å². The summed E-state index contributed by atoms with van der Waals surface area (Å²) in [7, 11) is 0. The Hall–Kier alpha value is -0.0500. The van der Waals surface area contributed by atoms with Gasteiger partial charge in [0.05, 0.1) is 0 Å². The first-order valence-corrected chi connectivity index (χ1v) is 7.35. The maximum absolute atomic E-state index is 5.68. The highest BCUT2D eigenvalue weighted by Gasteiger charge is 2.41. The number of piperazine rings is 1. The van der Waals surface area contributed by atoms with Gasteiger partial charge in [0.15, 0.2) is 0 Å². The van der Waals surface area contributed by atoms with Gasteiger partial charge in [-0.2, -0.15) is 0 Å². The zero-order valence-corrected chi connectivity index (χ0v) is 11.8. The van der Waals surface area contributed by atoms with E-state index in [9.17, 15) is 0 Å². The van der Waals surface area contributed by atoms with Crippen molar-refractivity contribution in [2.45, 2.75) is 51.1 Å². The lowest BCUT2D eigenvalue weighted by Crippen LogP contribution is -2.64. The van der Waals surface area contributed by atoms with Crippen LogP contribution < -0.4 is 5.32 Å². The summed E-state index contributed by atoms with van der Waals surface area (Å²) in [6.07, 6.45) is 7.54. The van der Waals surface area contributed by atoms with Gasteiger partial charge in [-0.15, -0.1) is 0 Å². The number of hydrogen-bond acceptors (Lipinski definition) is 2. The number of nitrogens with one attached hydrogen (secondary N) is 1. The average Bonchev–Trinajstić information content (AvgIpc) is 2.74. The maximum Gasteiger partial charge on any atom is 0.0309 e. The molecule has 1 unspecified atom stereocenters. The molecule has 2 fully saturated rings. The average molecular weight is 257 g/mol. The lowest BCUT2D eigenvalue weighted by Gasteiger charge is -2.47. The normalized spacial score (nSPS) is 29.8. The molecule has 1 spiro atoms. The second-order valence-corrected chi connectivity index (χ2v) is 6.22. The van der Waals surface area contributed by atoms with E-state index >= 15 is 0 Å². The summed E-state index contributed by atoms with van der Waals surface area (Å²) in [6.45, 7) is 7.95. The van der Waals surface area contributed by atoms with E-state index < -0.39 is 0 Å². The second kappa shape index (κ2) is 5.73. The minimum Gasteiger partial charge on any atom is -0.308 e. The predicted octanol–water partition coefficient (Wildman–Crippen LogP) is 2.98. The van der Waals surface area contributed by atoms with Crippen LogP contribution in [0.15, 0.2) is 11.6 Å². The smallest absolute Gasteiger partial charge is 0.0309 e. The molecule has 0 aromatic heterocycles. The van der Waals surface area contributed by atoms with Crippen LogP contribution in [0.4, 0.5) is 0 Å². The number of halogens is 1. The van der Waals surface area contributed by atoms with Crippen LogP contribution in [0.2, 0.25) is 0 Å². The molecular weight excluding hydrogens is 232 g/mol. The van der Waals surface area contributed by atoms with Crippen molar-refractivity contribution >= 4 is 11.6 Å². The van der Waals surface area contributed by atoms with E-state index in [1.807, 2.05) is 0 Å². The van der Waals surface area contributed by atoms with E-state index in [4.69, 9.17) is 11.6 Å². The van der Waals surface area contributed by atoms with Gasteiger partial charge in [-0.1, -0.05) is 44.4 Å². The quantitative estimate of drug-likeness (QED) is 0.835. The van der Waals surface area contributed by atoms with Crippen LogP contribution in [0.5, 0.6) is 0 Å². The van der Waals surface area contributed by atoms with Gasteiger partial charge in [0.2, 0.25) is 0 Å². The van der Waals surface area contributed by atoms with Gasteiger partial charge in [0, 0.05) is 36.8 Å². The molecule has 1 saturated carbocycles. The lowest BCUT2D eigenvalue weighted by atomic mass is 9.89. The Bertz CT molecular complexity index is 269. The summed E-state index contributed by atoms with van der Waals surface area (Å²) in [4.78, 5) is 2.62. The summed E-state index contributed by atoms with van der Waals surface area (Å²) in [5.74, 6) is 0.699. The van der Waals surface area contributed by atoms with Crippen molar-refractivity contribution in [3.8, 4) is 0 Å². The van der Waals surface area contributed by atoms with Crippen molar-refractivity contribution in [1.82, 2.24) is 10.2 Å². The summed E-state index contributed by atoms with van der Waals surface area (Å²) < 4.78 is 0. The molecule has 1 heterocycles. The zero-order chi connectivity index (χ0) is 12.3. The van der Waals surface area contributed by atoms with Gasteiger partial charge < -0.3 is 5.32 Å². The Balaban J connectivity index is 2.03. The topological polar surface area (TPSA) is 15.3 Å². The van der Waals surface area contributed by atoms with Crippen molar-refractivity contribution < 1.29 is 0 Å². The van der Waals surface area contributed by atoms with Crippen LogP contribution in [-0.2, 0) is 0 Å². The summed E-state index contributed by atoms with van der Waals surface area (Å²) in [5.41, 5.74) is 2.06. The third-order valence-electron chi connectivity index (χ3n) is 4.42. The zero-order valence-electron chi connectivity index (χ0n) is 11.1. The fourth-order valence-electron chi connectivity index (χ4n) is 3.43. The highest BCUT2D eigenvalue weighted by atomic mass is 35.5. The molecule has 0 radical (unpaired) electrons. The standard InChI is InChI=1S/C14H25ClN2/c1-12(2)13-10-16-14(6-3-4-7-14)11-17(13)9-5-8-15/h5,8,12-13,16H,3-4,6-7,9-11H2,1-2H3/b8-5+. The summed E-state index contributed by atoms with van der Waals surface area (Å²) in [6, 6.07) is 0.647. The Morgan fingerprint density at radius 1 is 1.41 bits per heavy atom. The third-order valence-corrected chi connectivity index (χ3v) is 4.60. The van der Waals surface area contributed by atoms with Crippen LogP contribution in [0.25, 0.3) is 0 Å². The molecule has 0 aromatic rings. The van der Waals surface area contributed by atoms with Crippen molar-refractivity contribution in [3.63, 3.8) is 0 Å². The molecule has 1 aliphatic carbocycles. The summed E-state index contributed by atoms with van der Waals surface area (Å²) >= 11 is 5.68. The molecule has 0 amide bonds. The Labute approximate surface area is 110 Å². The molecule has 2 rings (SSSR count). The summed E-state index contributed by atoms with van der Waals surface area (Å²) in [5, 5.41) is 3.83. The highest BCUT2D eigenvalue weighted by molar-refractivity contribution is 6.25. The molecule has 1 N–H and O–H groups in total. The number of hydrogen-bond donors (Lipinski definition) is 1. The predicted molar refractivity (Wildman–Crippen MR) is 74.4 cm³/mol. The van der Waals surface area contributed by atoms with Crippen LogP contribution in [-0.4, -0.2) is 36.1 Å². The van der Waals surface area contributed by atoms with Gasteiger partial charge in [0.25, 0.3) is 0 Å². The van der Waals surface area contributed by atoms with E-state index in [0.717, 1.165) is 13.1 Å². The van der Waals surface area contributed by atoms with E-state index in [2.05, 4.69) is 30.1 Å². The molecule has 1 atom stereocenters. The monoisotopic (exact) mass is 256 g/mol. The first-order valence-electron chi connectivity index (χ1n) is 6.91. The molecule has 0 bridgehead atoms. The molecule has 17 heavy (non-hydrogen) atoms.